The van der Waals surface area contributed by atoms with E-state index in [1.807, 2.05) is 12.1 Å². The summed E-state index contributed by atoms with van der Waals surface area (Å²) < 4.78 is 6.02. The van der Waals surface area contributed by atoms with Crippen LogP contribution in [0.15, 0.2) is 18.2 Å². The summed E-state index contributed by atoms with van der Waals surface area (Å²) in [7, 11) is 0. The van der Waals surface area contributed by atoms with Gasteiger partial charge in [-0.1, -0.05) is 30.7 Å². The van der Waals surface area contributed by atoms with Gasteiger partial charge in [0.15, 0.2) is 0 Å². The van der Waals surface area contributed by atoms with E-state index >= 15 is 0 Å². The number of halogens is 1. The lowest BCUT2D eigenvalue weighted by atomic mass is 9.89. The van der Waals surface area contributed by atoms with Gasteiger partial charge in [0.05, 0.1) is 11.7 Å². The minimum absolute atomic E-state index is 0.274. The van der Waals surface area contributed by atoms with Gasteiger partial charge >= 0.3 is 0 Å². The van der Waals surface area contributed by atoms with E-state index in [0.29, 0.717) is 10.0 Å². The molecule has 2 rings (SSSR count). The van der Waals surface area contributed by atoms with Crippen molar-refractivity contribution in [1.29, 1.82) is 0 Å². The molecule has 1 aromatic carbocycles. The first-order valence-corrected chi connectivity index (χ1v) is 7.11. The molecule has 0 saturated heterocycles. The highest BCUT2D eigenvalue weighted by Crippen LogP contribution is 2.30. The van der Waals surface area contributed by atoms with Crippen molar-refractivity contribution in [3.63, 3.8) is 0 Å². The summed E-state index contributed by atoms with van der Waals surface area (Å²) in [5, 5.41) is 0.627. The molecule has 0 atom stereocenters. The van der Waals surface area contributed by atoms with Crippen LogP contribution in [0.25, 0.3) is 0 Å². The van der Waals surface area contributed by atoms with Gasteiger partial charge in [-0.25, -0.2) is 0 Å². The quantitative estimate of drug-likeness (QED) is 0.854. The van der Waals surface area contributed by atoms with E-state index in [1.165, 1.54) is 12.8 Å². The molecule has 0 aliphatic heterocycles. The fourth-order valence-corrected chi connectivity index (χ4v) is 2.66. The predicted molar refractivity (Wildman–Crippen MR) is 79.4 cm³/mol. The highest BCUT2D eigenvalue weighted by Gasteiger charge is 2.20. The summed E-state index contributed by atoms with van der Waals surface area (Å²) in [5.41, 5.74) is 6.44. The second-order valence-electron chi connectivity index (χ2n) is 5.00. The van der Waals surface area contributed by atoms with E-state index in [4.69, 9.17) is 34.3 Å². The van der Waals surface area contributed by atoms with Crippen LogP contribution in [0, 0.1) is 5.92 Å². The number of hydrogen-bond acceptors (Lipinski definition) is 2. The summed E-state index contributed by atoms with van der Waals surface area (Å²) >= 11 is 11.0. The van der Waals surface area contributed by atoms with Crippen molar-refractivity contribution >= 4 is 28.8 Å². The molecule has 0 radical (unpaired) electrons. The maximum atomic E-state index is 6.02. The Morgan fingerprint density at radius 3 is 2.61 bits per heavy atom. The largest absolute Gasteiger partial charge is 0.490 e. The maximum Gasteiger partial charge on any atom is 0.129 e. The fraction of sp³-hybridized carbons (Fsp3) is 0.500. The number of nitrogens with two attached hydrogens (primary N) is 1. The molecule has 0 heterocycles. The normalized spacial score (nSPS) is 23.7. The van der Waals surface area contributed by atoms with Crippen molar-refractivity contribution in [2.24, 2.45) is 11.7 Å². The molecule has 0 unspecified atom stereocenters. The van der Waals surface area contributed by atoms with Gasteiger partial charge in [-0.15, -0.1) is 0 Å². The monoisotopic (exact) mass is 283 g/mol. The molecule has 0 bridgehead atoms. The summed E-state index contributed by atoms with van der Waals surface area (Å²) in [6.45, 7) is 2.29. The van der Waals surface area contributed by atoms with Gasteiger partial charge in [-0.05, 0) is 49.8 Å². The Morgan fingerprint density at radius 1 is 1.33 bits per heavy atom. The first kappa shape index (κ1) is 13.6. The van der Waals surface area contributed by atoms with Crippen LogP contribution in [0.5, 0.6) is 5.75 Å². The van der Waals surface area contributed by atoms with E-state index in [9.17, 15) is 0 Å². The van der Waals surface area contributed by atoms with Gasteiger partial charge in [-0.3, -0.25) is 0 Å². The van der Waals surface area contributed by atoms with Gasteiger partial charge in [-0.2, -0.15) is 0 Å². The summed E-state index contributed by atoms with van der Waals surface area (Å²) in [6, 6.07) is 5.43. The molecule has 2 N–H and O–H groups in total. The van der Waals surface area contributed by atoms with Crippen LogP contribution in [-0.2, 0) is 0 Å². The van der Waals surface area contributed by atoms with Crippen molar-refractivity contribution in [3.05, 3.63) is 28.8 Å². The molecule has 0 amide bonds. The second-order valence-corrected chi connectivity index (χ2v) is 5.88. The molecule has 1 saturated carbocycles. The van der Waals surface area contributed by atoms with Crippen LogP contribution in [0.3, 0.4) is 0 Å². The number of benzene rings is 1. The average molecular weight is 284 g/mol. The van der Waals surface area contributed by atoms with Crippen molar-refractivity contribution < 1.29 is 4.74 Å². The molecule has 1 fully saturated rings. The number of ether oxygens (including phenoxy) is 1. The van der Waals surface area contributed by atoms with Crippen molar-refractivity contribution in [3.8, 4) is 5.75 Å². The van der Waals surface area contributed by atoms with Crippen LogP contribution in [-0.4, -0.2) is 11.1 Å². The molecule has 4 heteroatoms. The Morgan fingerprint density at radius 2 is 2.00 bits per heavy atom. The van der Waals surface area contributed by atoms with Crippen molar-refractivity contribution in [2.75, 3.05) is 0 Å². The molecule has 2 nitrogen and oxygen atoms in total. The Kier molecular flexibility index (Phi) is 4.46. The number of rotatable bonds is 3. The molecule has 98 valence electrons. The molecule has 18 heavy (non-hydrogen) atoms. The summed E-state index contributed by atoms with van der Waals surface area (Å²) in [4.78, 5) is 0.330. The molecule has 0 aromatic heterocycles. The summed E-state index contributed by atoms with van der Waals surface area (Å²) in [6.07, 6.45) is 4.91. The second kappa shape index (κ2) is 5.89. The van der Waals surface area contributed by atoms with Gasteiger partial charge < -0.3 is 10.5 Å². The highest BCUT2D eigenvalue weighted by molar-refractivity contribution is 7.80. The predicted octanol–water partition coefficient (Wildman–Crippen LogP) is 3.93. The molecule has 0 spiro atoms. The SMILES string of the molecule is CC1CCC(Oc2ccc(Cl)cc2C(N)=S)CC1. The molecular weight excluding hydrogens is 266 g/mol. The highest BCUT2D eigenvalue weighted by atomic mass is 35.5. The molecule has 1 aromatic rings. The van der Waals surface area contributed by atoms with Crippen LogP contribution in [0.2, 0.25) is 5.02 Å². The zero-order valence-corrected chi connectivity index (χ0v) is 12.1. The van der Waals surface area contributed by atoms with Gasteiger partial charge in [0.25, 0.3) is 0 Å². The first-order valence-electron chi connectivity index (χ1n) is 6.32. The van der Waals surface area contributed by atoms with Crippen molar-refractivity contribution in [1.82, 2.24) is 0 Å². The smallest absolute Gasteiger partial charge is 0.129 e. The number of thiocarbonyl (C=S) groups is 1. The minimum Gasteiger partial charge on any atom is -0.490 e. The van der Waals surface area contributed by atoms with Crippen LogP contribution < -0.4 is 10.5 Å². The Labute approximate surface area is 118 Å². The Hall–Kier alpha value is -0.800. The van der Waals surface area contributed by atoms with Gasteiger partial charge in [0, 0.05) is 5.02 Å². The van der Waals surface area contributed by atoms with E-state index in [2.05, 4.69) is 6.92 Å². The lowest BCUT2D eigenvalue weighted by Gasteiger charge is -2.27. The zero-order valence-electron chi connectivity index (χ0n) is 10.5. The Bertz CT molecular complexity index is 441. The topological polar surface area (TPSA) is 35.2 Å². The minimum atomic E-state index is 0.274. The zero-order chi connectivity index (χ0) is 13.1. The van der Waals surface area contributed by atoms with E-state index < -0.39 is 0 Å². The van der Waals surface area contributed by atoms with E-state index in [0.717, 1.165) is 30.1 Å². The van der Waals surface area contributed by atoms with Crippen LogP contribution in [0.4, 0.5) is 0 Å². The third-order valence-electron chi connectivity index (χ3n) is 3.46. The summed E-state index contributed by atoms with van der Waals surface area (Å²) in [5.74, 6) is 1.57. The van der Waals surface area contributed by atoms with Gasteiger partial charge in [0.1, 0.15) is 10.7 Å². The third-order valence-corrected chi connectivity index (χ3v) is 3.92. The average Bonchev–Trinajstić information content (AvgIpc) is 2.34. The molecular formula is C14H18ClNOS. The van der Waals surface area contributed by atoms with Crippen LogP contribution >= 0.6 is 23.8 Å². The van der Waals surface area contributed by atoms with E-state index in [-0.39, 0.29) is 6.10 Å². The third kappa shape index (κ3) is 3.36. The lowest BCUT2D eigenvalue weighted by molar-refractivity contribution is 0.135. The maximum absolute atomic E-state index is 6.02. The molecule has 1 aliphatic carbocycles. The van der Waals surface area contributed by atoms with Gasteiger partial charge in [0.2, 0.25) is 0 Å². The Balaban J connectivity index is 2.11. The lowest BCUT2D eigenvalue weighted by Crippen LogP contribution is -2.24. The van der Waals surface area contributed by atoms with E-state index in [1.54, 1.807) is 6.07 Å². The standard InChI is InChI=1S/C14H18ClNOS/c1-9-2-5-11(6-3-9)17-13-7-4-10(15)8-12(13)14(16)18/h4,7-9,11H,2-3,5-6H2,1H3,(H2,16,18). The first-order chi connectivity index (χ1) is 8.56. The van der Waals surface area contributed by atoms with Crippen LogP contribution in [0.1, 0.15) is 38.2 Å². The fourth-order valence-electron chi connectivity index (χ4n) is 2.32. The number of hydrogen-bond donors (Lipinski definition) is 1. The van der Waals surface area contributed by atoms with Crippen molar-refractivity contribution in [2.45, 2.75) is 38.7 Å². The molecule has 1 aliphatic rings.